The summed E-state index contributed by atoms with van der Waals surface area (Å²) in [4.78, 5) is 30.0. The summed E-state index contributed by atoms with van der Waals surface area (Å²) in [6, 6.07) is 13.2. The molecule has 0 bridgehead atoms. The van der Waals surface area contributed by atoms with Gasteiger partial charge in [-0.3, -0.25) is 9.69 Å². The highest BCUT2D eigenvalue weighted by Gasteiger charge is 2.40. The molecule has 0 saturated carbocycles. The third kappa shape index (κ3) is 4.66. The van der Waals surface area contributed by atoms with Gasteiger partial charge in [-0.2, -0.15) is 0 Å². The zero-order chi connectivity index (χ0) is 22.8. The van der Waals surface area contributed by atoms with Crippen LogP contribution in [0.3, 0.4) is 0 Å². The Labute approximate surface area is 190 Å². The van der Waals surface area contributed by atoms with Gasteiger partial charge in [0.15, 0.2) is 0 Å². The maximum Gasteiger partial charge on any atom is 0.322 e. The SMILES string of the molecule is Bc1ccc(NC(=O)N2C[C@H](OC)C[C@@H]2C(=O)Nc2ccc3c(c2)CCN(C)[C@H]3C)cc1. The topological polar surface area (TPSA) is 73.9 Å². The van der Waals surface area contributed by atoms with E-state index in [1.165, 1.54) is 11.1 Å². The van der Waals surface area contributed by atoms with Gasteiger partial charge in [-0.1, -0.05) is 23.7 Å². The first-order valence-corrected chi connectivity index (χ1v) is 11.2. The lowest BCUT2D eigenvalue weighted by Gasteiger charge is -2.32. The van der Waals surface area contributed by atoms with Gasteiger partial charge in [0.25, 0.3) is 0 Å². The number of benzene rings is 2. The van der Waals surface area contributed by atoms with Crippen LogP contribution in [-0.4, -0.2) is 69.0 Å². The standard InChI is InChI=1S/C24H31BN4O3/c1-15-21-9-8-19(12-16(21)10-11-28(15)2)26-23(30)22-13-20(32-3)14-29(22)24(31)27-18-6-4-17(25)5-7-18/h4-9,12,15,20,22H,10-11,13-14,25H2,1-3H3,(H,26,30)(H,27,31)/t15-,20+,22+/m0/s1. The molecule has 0 radical (unpaired) electrons. The number of carbonyl (C=O) groups excluding carboxylic acids is 2. The second-order valence-corrected chi connectivity index (χ2v) is 8.87. The number of nitrogens with one attached hydrogen (secondary N) is 2. The van der Waals surface area contributed by atoms with Crippen molar-refractivity contribution in [3.8, 4) is 0 Å². The van der Waals surface area contributed by atoms with E-state index in [0.29, 0.717) is 24.7 Å². The summed E-state index contributed by atoms with van der Waals surface area (Å²) in [7, 11) is 5.74. The number of likely N-dealkylation sites (N-methyl/N-ethyl adjacent to an activating group) is 1. The van der Waals surface area contributed by atoms with Crippen LogP contribution in [0.25, 0.3) is 0 Å². The van der Waals surface area contributed by atoms with E-state index in [2.05, 4.69) is 41.6 Å². The molecule has 32 heavy (non-hydrogen) atoms. The Balaban J connectivity index is 1.47. The molecule has 2 aromatic rings. The molecule has 7 nitrogen and oxygen atoms in total. The quantitative estimate of drug-likeness (QED) is 0.720. The third-order valence-electron chi connectivity index (χ3n) is 6.72. The zero-order valence-electron chi connectivity index (χ0n) is 19.2. The summed E-state index contributed by atoms with van der Waals surface area (Å²) >= 11 is 0. The molecule has 0 aromatic heterocycles. The van der Waals surface area contributed by atoms with Crippen LogP contribution in [-0.2, 0) is 16.0 Å². The summed E-state index contributed by atoms with van der Waals surface area (Å²) in [5.74, 6) is -0.190. The van der Waals surface area contributed by atoms with Crippen molar-refractivity contribution in [2.24, 2.45) is 0 Å². The Kier molecular flexibility index (Phi) is 6.53. The minimum Gasteiger partial charge on any atom is -0.380 e. The lowest BCUT2D eigenvalue weighted by molar-refractivity contribution is -0.119. The highest BCUT2D eigenvalue weighted by Crippen LogP contribution is 2.30. The van der Waals surface area contributed by atoms with Crippen molar-refractivity contribution >= 4 is 36.6 Å². The Morgan fingerprint density at radius 2 is 1.81 bits per heavy atom. The first-order chi connectivity index (χ1) is 15.4. The molecule has 168 valence electrons. The summed E-state index contributed by atoms with van der Waals surface area (Å²) < 4.78 is 5.48. The van der Waals surface area contributed by atoms with Gasteiger partial charge < -0.3 is 20.3 Å². The smallest absolute Gasteiger partial charge is 0.322 e. The van der Waals surface area contributed by atoms with E-state index in [0.717, 1.165) is 24.1 Å². The normalized spacial score (nSPS) is 23.0. The molecular weight excluding hydrogens is 403 g/mol. The van der Waals surface area contributed by atoms with Gasteiger partial charge in [0, 0.05) is 44.0 Å². The van der Waals surface area contributed by atoms with Crippen LogP contribution in [0.2, 0.25) is 0 Å². The van der Waals surface area contributed by atoms with Crippen molar-refractivity contribution < 1.29 is 14.3 Å². The number of urea groups is 1. The monoisotopic (exact) mass is 434 g/mol. The van der Waals surface area contributed by atoms with Gasteiger partial charge >= 0.3 is 6.03 Å². The van der Waals surface area contributed by atoms with Gasteiger partial charge in [-0.15, -0.1) is 0 Å². The third-order valence-corrected chi connectivity index (χ3v) is 6.72. The number of nitrogens with zero attached hydrogens (tertiary/aromatic N) is 2. The largest absolute Gasteiger partial charge is 0.380 e. The van der Waals surface area contributed by atoms with E-state index in [-0.39, 0.29) is 18.0 Å². The van der Waals surface area contributed by atoms with Crippen molar-refractivity contribution in [1.29, 1.82) is 0 Å². The van der Waals surface area contributed by atoms with Crippen molar-refractivity contribution in [3.63, 3.8) is 0 Å². The lowest BCUT2D eigenvalue weighted by atomic mass is 9.93. The molecule has 2 aliphatic rings. The molecule has 2 aromatic carbocycles. The number of carbonyl (C=O) groups is 2. The maximum absolute atomic E-state index is 13.2. The summed E-state index contributed by atoms with van der Waals surface area (Å²) in [5.41, 5.74) is 5.16. The zero-order valence-corrected chi connectivity index (χ0v) is 19.2. The van der Waals surface area contributed by atoms with Crippen LogP contribution in [0.1, 0.15) is 30.5 Å². The van der Waals surface area contributed by atoms with E-state index in [1.807, 2.05) is 38.2 Å². The molecule has 2 aliphatic heterocycles. The fourth-order valence-electron chi connectivity index (χ4n) is 4.53. The minimum absolute atomic E-state index is 0.172. The number of ether oxygens (including phenoxy) is 1. The first kappa shape index (κ1) is 22.4. The maximum atomic E-state index is 13.2. The number of methoxy groups -OCH3 is 1. The highest BCUT2D eigenvalue weighted by molar-refractivity contribution is 6.32. The number of hydrogen-bond donors (Lipinski definition) is 2. The fourth-order valence-corrected chi connectivity index (χ4v) is 4.53. The molecule has 1 fully saturated rings. The molecule has 0 unspecified atom stereocenters. The molecule has 3 amide bonds. The van der Waals surface area contributed by atoms with E-state index in [1.54, 1.807) is 12.0 Å². The van der Waals surface area contributed by atoms with Crippen LogP contribution in [0.4, 0.5) is 16.2 Å². The number of amides is 3. The number of rotatable bonds is 4. The molecule has 0 spiro atoms. The number of hydrogen-bond acceptors (Lipinski definition) is 4. The lowest BCUT2D eigenvalue weighted by Crippen LogP contribution is -2.45. The van der Waals surface area contributed by atoms with Gasteiger partial charge in [0.1, 0.15) is 13.9 Å². The van der Waals surface area contributed by atoms with Gasteiger partial charge in [0.05, 0.1) is 6.10 Å². The molecule has 0 aliphatic carbocycles. The summed E-state index contributed by atoms with van der Waals surface area (Å²) in [6.45, 7) is 3.57. The number of anilines is 2. The average molecular weight is 434 g/mol. The van der Waals surface area contributed by atoms with E-state index in [9.17, 15) is 9.59 Å². The predicted octanol–water partition coefficient (Wildman–Crippen LogP) is 1.75. The second kappa shape index (κ2) is 9.34. The van der Waals surface area contributed by atoms with Gasteiger partial charge in [-0.05, 0) is 55.8 Å². The Bertz CT molecular complexity index is 997. The molecule has 1 saturated heterocycles. The Morgan fingerprint density at radius 1 is 1.09 bits per heavy atom. The van der Waals surface area contributed by atoms with E-state index >= 15 is 0 Å². The Hall–Kier alpha value is -2.84. The predicted molar refractivity (Wildman–Crippen MR) is 129 cm³/mol. The Morgan fingerprint density at radius 3 is 2.53 bits per heavy atom. The van der Waals surface area contributed by atoms with Crippen molar-refractivity contribution in [3.05, 3.63) is 53.6 Å². The molecule has 2 N–H and O–H groups in total. The van der Waals surface area contributed by atoms with E-state index in [4.69, 9.17) is 4.74 Å². The minimum atomic E-state index is -0.591. The van der Waals surface area contributed by atoms with E-state index < -0.39 is 6.04 Å². The number of fused-ring (bicyclic) bond motifs is 1. The van der Waals surface area contributed by atoms with Crippen LogP contribution < -0.4 is 16.1 Å². The van der Waals surface area contributed by atoms with Crippen LogP contribution in [0.5, 0.6) is 0 Å². The molecule has 4 rings (SSSR count). The van der Waals surface area contributed by atoms with Gasteiger partial charge in [0.2, 0.25) is 5.91 Å². The number of likely N-dealkylation sites (tertiary alicyclic amines) is 1. The molecular formula is C24H31BN4O3. The van der Waals surface area contributed by atoms with Gasteiger partial charge in [-0.25, -0.2) is 4.79 Å². The molecule has 2 heterocycles. The van der Waals surface area contributed by atoms with Crippen LogP contribution >= 0.6 is 0 Å². The van der Waals surface area contributed by atoms with Crippen molar-refractivity contribution in [2.45, 2.75) is 38.0 Å². The molecule has 8 heteroatoms. The summed E-state index contributed by atoms with van der Waals surface area (Å²) in [6.07, 6.45) is 1.26. The van der Waals surface area contributed by atoms with Crippen LogP contribution in [0, 0.1) is 0 Å². The first-order valence-electron chi connectivity index (χ1n) is 11.2. The van der Waals surface area contributed by atoms with Crippen molar-refractivity contribution in [1.82, 2.24) is 9.80 Å². The average Bonchev–Trinajstić information content (AvgIpc) is 3.23. The van der Waals surface area contributed by atoms with Crippen molar-refractivity contribution in [2.75, 3.05) is 37.9 Å². The summed E-state index contributed by atoms with van der Waals surface area (Å²) in [5, 5.41) is 5.93. The second-order valence-electron chi connectivity index (χ2n) is 8.87. The molecule has 3 atom stereocenters. The fraction of sp³-hybridized carbons (Fsp3) is 0.417. The van der Waals surface area contributed by atoms with Crippen LogP contribution in [0.15, 0.2) is 42.5 Å². The highest BCUT2D eigenvalue weighted by atomic mass is 16.5.